The average Bonchev–Trinajstić information content (AvgIpc) is 3.29. The first-order valence-electron chi connectivity index (χ1n) is 8.85. The van der Waals surface area contributed by atoms with E-state index in [4.69, 9.17) is 0 Å². The Labute approximate surface area is 166 Å². The second kappa shape index (κ2) is 7.82. The van der Waals surface area contributed by atoms with Crippen LogP contribution in [0.3, 0.4) is 0 Å². The molecule has 6 nitrogen and oxygen atoms in total. The second-order valence-corrected chi connectivity index (χ2v) is 6.39. The SMILES string of the molecule is N#Cc1ccc(N(Cc2ccc(O)c(F)c2)n2cnnc2)cc1-c1ccccc1. The summed E-state index contributed by atoms with van der Waals surface area (Å²) in [5.41, 5.74) is 3.70. The van der Waals surface area contributed by atoms with Crippen molar-refractivity contribution in [3.63, 3.8) is 0 Å². The van der Waals surface area contributed by atoms with E-state index in [2.05, 4.69) is 16.3 Å². The van der Waals surface area contributed by atoms with Crippen molar-refractivity contribution in [3.05, 3.63) is 96.3 Å². The third-order valence-electron chi connectivity index (χ3n) is 4.54. The van der Waals surface area contributed by atoms with Gasteiger partial charge < -0.3 is 5.11 Å². The van der Waals surface area contributed by atoms with Gasteiger partial charge in [-0.15, -0.1) is 10.2 Å². The van der Waals surface area contributed by atoms with Gasteiger partial charge in [-0.05, 0) is 41.5 Å². The van der Waals surface area contributed by atoms with Gasteiger partial charge in [0.15, 0.2) is 11.6 Å². The molecule has 4 aromatic rings. The lowest BCUT2D eigenvalue weighted by molar-refractivity contribution is 0.431. The summed E-state index contributed by atoms with van der Waals surface area (Å²) in [5.74, 6) is -1.08. The molecule has 1 heterocycles. The van der Waals surface area contributed by atoms with Gasteiger partial charge in [-0.3, -0.25) is 5.01 Å². The summed E-state index contributed by atoms with van der Waals surface area (Å²) in [6.07, 6.45) is 3.08. The van der Waals surface area contributed by atoms with Gasteiger partial charge in [0.25, 0.3) is 0 Å². The number of phenols is 1. The number of halogens is 1. The Hall–Kier alpha value is -4.18. The van der Waals surface area contributed by atoms with Crippen LogP contribution in [-0.4, -0.2) is 20.0 Å². The van der Waals surface area contributed by atoms with Gasteiger partial charge in [0.2, 0.25) is 0 Å². The van der Waals surface area contributed by atoms with E-state index >= 15 is 0 Å². The highest BCUT2D eigenvalue weighted by molar-refractivity contribution is 5.74. The molecule has 1 N–H and O–H groups in total. The number of phenolic OH excluding ortho intramolecular Hbond substituents is 1. The largest absolute Gasteiger partial charge is 0.505 e. The van der Waals surface area contributed by atoms with Gasteiger partial charge in [0, 0.05) is 5.56 Å². The molecule has 0 spiro atoms. The first-order chi connectivity index (χ1) is 14.2. The van der Waals surface area contributed by atoms with Crippen molar-refractivity contribution >= 4 is 5.69 Å². The third kappa shape index (κ3) is 3.77. The molecule has 142 valence electrons. The van der Waals surface area contributed by atoms with E-state index in [1.807, 2.05) is 47.5 Å². The summed E-state index contributed by atoms with van der Waals surface area (Å²) in [6.45, 7) is 0.301. The molecule has 0 saturated carbocycles. The minimum atomic E-state index is -0.684. The minimum absolute atomic E-state index is 0.301. The summed E-state index contributed by atoms with van der Waals surface area (Å²) in [4.78, 5) is 0. The molecule has 0 unspecified atom stereocenters. The number of hydrogen-bond acceptors (Lipinski definition) is 5. The standard InChI is InChI=1S/C22H16FN5O/c23-21-10-16(6-9-22(21)29)13-28(27-14-25-26-15-27)19-8-7-18(12-24)20(11-19)17-4-2-1-3-5-17/h1-11,14-15,29H,13H2. The van der Waals surface area contributed by atoms with Crippen molar-refractivity contribution in [1.29, 1.82) is 5.26 Å². The molecular weight excluding hydrogens is 369 g/mol. The Morgan fingerprint density at radius 1 is 1.00 bits per heavy atom. The molecule has 0 saturated heterocycles. The van der Waals surface area contributed by atoms with Gasteiger partial charge in [0.05, 0.1) is 23.9 Å². The highest BCUT2D eigenvalue weighted by Crippen LogP contribution is 2.29. The molecule has 4 rings (SSSR count). The molecule has 0 amide bonds. The number of rotatable bonds is 5. The third-order valence-corrected chi connectivity index (χ3v) is 4.54. The molecule has 1 aromatic heterocycles. The zero-order chi connectivity index (χ0) is 20.2. The van der Waals surface area contributed by atoms with E-state index in [9.17, 15) is 14.8 Å². The predicted molar refractivity (Wildman–Crippen MR) is 106 cm³/mol. The smallest absolute Gasteiger partial charge is 0.165 e. The van der Waals surface area contributed by atoms with E-state index in [0.717, 1.165) is 16.8 Å². The predicted octanol–water partition coefficient (Wildman–Crippen LogP) is 4.13. The van der Waals surface area contributed by atoms with Crippen LogP contribution in [0, 0.1) is 17.1 Å². The van der Waals surface area contributed by atoms with Crippen LogP contribution in [0.2, 0.25) is 0 Å². The van der Waals surface area contributed by atoms with Crippen molar-refractivity contribution < 1.29 is 9.50 Å². The fraction of sp³-hybridized carbons (Fsp3) is 0.0455. The number of hydrogen-bond donors (Lipinski definition) is 1. The molecule has 0 aliphatic carbocycles. The lowest BCUT2D eigenvalue weighted by Gasteiger charge is -2.26. The Kier molecular flexibility index (Phi) is 4.91. The average molecular weight is 385 g/mol. The molecule has 3 aromatic carbocycles. The quantitative estimate of drug-likeness (QED) is 0.559. The van der Waals surface area contributed by atoms with Crippen LogP contribution in [0.15, 0.2) is 79.4 Å². The Morgan fingerprint density at radius 3 is 2.45 bits per heavy atom. The van der Waals surface area contributed by atoms with Crippen LogP contribution in [0.4, 0.5) is 10.1 Å². The number of nitrogens with zero attached hydrogens (tertiary/aromatic N) is 5. The summed E-state index contributed by atoms with van der Waals surface area (Å²) in [7, 11) is 0. The number of benzene rings is 3. The van der Waals surface area contributed by atoms with Crippen LogP contribution in [0.5, 0.6) is 5.75 Å². The summed E-state index contributed by atoms with van der Waals surface area (Å²) < 4.78 is 15.5. The molecule has 7 heteroatoms. The van der Waals surface area contributed by atoms with Gasteiger partial charge in [-0.1, -0.05) is 36.4 Å². The van der Waals surface area contributed by atoms with E-state index in [0.29, 0.717) is 17.7 Å². The van der Waals surface area contributed by atoms with Crippen LogP contribution < -0.4 is 5.01 Å². The fourth-order valence-electron chi connectivity index (χ4n) is 3.09. The van der Waals surface area contributed by atoms with Crippen molar-refractivity contribution in [2.24, 2.45) is 0 Å². The van der Waals surface area contributed by atoms with Crippen molar-refractivity contribution in [3.8, 4) is 22.9 Å². The monoisotopic (exact) mass is 385 g/mol. The van der Waals surface area contributed by atoms with Gasteiger partial charge in [0.1, 0.15) is 12.7 Å². The molecule has 0 radical (unpaired) electrons. The molecule has 0 aliphatic rings. The molecule has 0 fully saturated rings. The molecule has 0 atom stereocenters. The molecule has 0 bridgehead atoms. The Balaban J connectivity index is 1.79. The maximum Gasteiger partial charge on any atom is 0.165 e. The first-order valence-corrected chi connectivity index (χ1v) is 8.85. The fourth-order valence-corrected chi connectivity index (χ4v) is 3.09. The van der Waals surface area contributed by atoms with Crippen LogP contribution in [0.1, 0.15) is 11.1 Å². The number of aromatic hydroxyl groups is 1. The van der Waals surface area contributed by atoms with Crippen LogP contribution in [0.25, 0.3) is 11.1 Å². The summed E-state index contributed by atoms with van der Waals surface area (Å²) in [5, 5.41) is 28.6. The van der Waals surface area contributed by atoms with Crippen LogP contribution >= 0.6 is 0 Å². The van der Waals surface area contributed by atoms with E-state index in [1.54, 1.807) is 16.8 Å². The van der Waals surface area contributed by atoms with Crippen molar-refractivity contribution in [1.82, 2.24) is 14.9 Å². The molecule has 29 heavy (non-hydrogen) atoms. The second-order valence-electron chi connectivity index (χ2n) is 6.39. The van der Waals surface area contributed by atoms with Gasteiger partial charge >= 0.3 is 0 Å². The van der Waals surface area contributed by atoms with E-state index in [1.165, 1.54) is 24.8 Å². The topological polar surface area (TPSA) is 78.0 Å². The van der Waals surface area contributed by atoms with Crippen molar-refractivity contribution in [2.75, 3.05) is 5.01 Å². The Morgan fingerprint density at radius 2 is 1.76 bits per heavy atom. The number of aromatic nitrogens is 3. The zero-order valence-electron chi connectivity index (χ0n) is 15.3. The normalized spacial score (nSPS) is 10.5. The van der Waals surface area contributed by atoms with Crippen LogP contribution in [-0.2, 0) is 6.54 Å². The van der Waals surface area contributed by atoms with E-state index < -0.39 is 11.6 Å². The van der Waals surface area contributed by atoms with Gasteiger partial charge in [-0.2, -0.15) is 5.26 Å². The van der Waals surface area contributed by atoms with Gasteiger partial charge in [-0.25, -0.2) is 9.07 Å². The first kappa shape index (κ1) is 18.2. The summed E-state index contributed by atoms with van der Waals surface area (Å²) >= 11 is 0. The molecular formula is C22H16FN5O. The lowest BCUT2D eigenvalue weighted by atomic mass is 9.99. The maximum atomic E-state index is 13.8. The van der Waals surface area contributed by atoms with E-state index in [-0.39, 0.29) is 0 Å². The Bertz CT molecular complexity index is 1170. The number of anilines is 1. The highest BCUT2D eigenvalue weighted by atomic mass is 19.1. The molecule has 0 aliphatic heterocycles. The number of nitriles is 1. The maximum absolute atomic E-state index is 13.8. The minimum Gasteiger partial charge on any atom is -0.505 e. The highest BCUT2D eigenvalue weighted by Gasteiger charge is 2.15. The zero-order valence-corrected chi connectivity index (χ0v) is 15.3. The summed E-state index contributed by atoms with van der Waals surface area (Å²) in [6, 6.07) is 21.6. The lowest BCUT2D eigenvalue weighted by Crippen LogP contribution is -2.28. The van der Waals surface area contributed by atoms with Crippen molar-refractivity contribution in [2.45, 2.75) is 6.54 Å².